The number of alkyl carbamates (subject to hydrolysis) is 1. The Kier molecular flexibility index (Phi) is 15.5. The smallest absolute Gasteiger partial charge is 0.408 e. The molecular formula is C40H40F2N4O8. The molecule has 2 heterocycles. The number of rotatable bonds is 10. The molecule has 0 aliphatic carbocycles. The second kappa shape index (κ2) is 19.9. The van der Waals surface area contributed by atoms with E-state index in [1.165, 1.54) is 12.0 Å². The van der Waals surface area contributed by atoms with Gasteiger partial charge in [-0.3, -0.25) is 9.69 Å². The fourth-order valence-corrected chi connectivity index (χ4v) is 5.01. The van der Waals surface area contributed by atoms with Crippen LogP contribution in [0.5, 0.6) is 0 Å². The lowest BCUT2D eigenvalue weighted by Crippen LogP contribution is -2.32. The number of benzene rings is 2. The summed E-state index contributed by atoms with van der Waals surface area (Å²) in [7, 11) is 1.27. The van der Waals surface area contributed by atoms with Crippen molar-refractivity contribution in [2.45, 2.75) is 71.3 Å². The summed E-state index contributed by atoms with van der Waals surface area (Å²) in [5, 5.41) is 30.2. The number of carboxylic acid groups (broad SMARTS) is 1. The fourth-order valence-electron chi connectivity index (χ4n) is 5.01. The van der Waals surface area contributed by atoms with Crippen LogP contribution in [0.2, 0.25) is 0 Å². The Morgan fingerprint density at radius 2 is 1.61 bits per heavy atom. The van der Waals surface area contributed by atoms with Gasteiger partial charge in [0, 0.05) is 13.0 Å². The zero-order chi connectivity index (χ0) is 39.8. The number of fused-ring (bicyclic) bond motifs is 2. The summed E-state index contributed by atoms with van der Waals surface area (Å²) in [6.07, 6.45) is 0.221. The number of hydrogen-bond donors (Lipinski definition) is 2. The van der Waals surface area contributed by atoms with Crippen molar-refractivity contribution < 1.29 is 46.6 Å². The Hall–Kier alpha value is -6.51. The number of nitriles is 2. The maximum Gasteiger partial charge on any atom is 0.408 e. The number of ether oxygens (including phenoxy) is 2. The number of amides is 2. The summed E-state index contributed by atoms with van der Waals surface area (Å²) in [5.74, 6) is 7.54. The molecule has 12 nitrogen and oxygen atoms in total. The Morgan fingerprint density at radius 3 is 2.20 bits per heavy atom. The van der Waals surface area contributed by atoms with Crippen LogP contribution in [0, 0.1) is 58.0 Å². The summed E-state index contributed by atoms with van der Waals surface area (Å²) >= 11 is 0. The highest BCUT2D eigenvalue weighted by molar-refractivity contribution is 5.85. The first-order chi connectivity index (χ1) is 25.7. The third kappa shape index (κ3) is 11.8. The molecular weight excluding hydrogens is 702 g/mol. The molecule has 0 fully saturated rings. The SMILES string of the molecule is CCCCN(CC#Cc1oc2cccc(CC#N)c2c1F)C(=O)O.COC(=O)CCC(C#N)c1cccc2oc(C#CCNC(=O)OC(C)(C)C)c(F)c12. The number of carbonyl (C=O) groups excluding carboxylic acids is 2. The molecule has 54 heavy (non-hydrogen) atoms. The van der Waals surface area contributed by atoms with Crippen LogP contribution in [0.4, 0.5) is 18.4 Å². The highest BCUT2D eigenvalue weighted by Crippen LogP contribution is 2.33. The molecule has 1 unspecified atom stereocenters. The third-order valence-corrected chi connectivity index (χ3v) is 7.54. The van der Waals surface area contributed by atoms with E-state index in [2.05, 4.69) is 39.8 Å². The molecule has 0 spiro atoms. The minimum Gasteiger partial charge on any atom is -0.469 e. The van der Waals surface area contributed by atoms with E-state index in [0.717, 1.165) is 12.8 Å². The van der Waals surface area contributed by atoms with Crippen LogP contribution in [-0.4, -0.2) is 60.5 Å². The fraction of sp³-hybridized carbons (Fsp3) is 0.375. The first-order valence-electron chi connectivity index (χ1n) is 16.9. The zero-order valence-electron chi connectivity index (χ0n) is 30.6. The number of carbonyl (C=O) groups is 3. The van der Waals surface area contributed by atoms with Crippen molar-refractivity contribution >= 4 is 40.1 Å². The van der Waals surface area contributed by atoms with Gasteiger partial charge in [-0.1, -0.05) is 49.5 Å². The van der Waals surface area contributed by atoms with Crippen molar-refractivity contribution in [1.82, 2.24) is 10.2 Å². The van der Waals surface area contributed by atoms with Crippen LogP contribution in [0.25, 0.3) is 21.9 Å². The molecule has 4 aromatic rings. The third-order valence-electron chi connectivity index (χ3n) is 7.54. The summed E-state index contributed by atoms with van der Waals surface area (Å²) in [5.41, 5.74) is 0.891. The van der Waals surface area contributed by atoms with Gasteiger partial charge in [0.2, 0.25) is 11.5 Å². The van der Waals surface area contributed by atoms with Gasteiger partial charge in [0.05, 0.1) is 55.4 Å². The Morgan fingerprint density at radius 1 is 0.981 bits per heavy atom. The second-order valence-corrected chi connectivity index (χ2v) is 12.6. The van der Waals surface area contributed by atoms with E-state index in [4.69, 9.17) is 23.9 Å². The Labute approximate surface area is 311 Å². The van der Waals surface area contributed by atoms with Gasteiger partial charge in [-0.25, -0.2) is 18.4 Å². The lowest BCUT2D eigenvalue weighted by molar-refractivity contribution is -0.140. The molecule has 1 atom stereocenters. The standard InChI is InChI=1S/C22H23FN2O5.C18H17FN2O3/c1-22(2,3)30-21(27)25-12-6-9-17-20(23)19-15(7-5-8-16(19)29-17)14(13-24)10-11-18(26)28-4;1-2-3-11-21(18(22)23)12-5-8-15-17(19)16-13(9-10-20)6-4-7-14(16)24-15/h5,7-8,14H,10-12H2,1-4H3,(H,25,27);4,6-7H,2-3,9,11-12H2,1H3,(H,22,23). The second-order valence-electron chi connectivity index (χ2n) is 12.6. The number of methoxy groups -OCH3 is 1. The highest BCUT2D eigenvalue weighted by Gasteiger charge is 2.23. The molecule has 14 heteroatoms. The molecule has 2 N–H and O–H groups in total. The Balaban J connectivity index is 0.000000297. The minimum atomic E-state index is -1.06. The summed E-state index contributed by atoms with van der Waals surface area (Å²) in [6.45, 7) is 7.48. The van der Waals surface area contributed by atoms with Gasteiger partial charge in [-0.2, -0.15) is 10.5 Å². The van der Waals surface area contributed by atoms with Gasteiger partial charge in [0.25, 0.3) is 0 Å². The largest absolute Gasteiger partial charge is 0.469 e. The van der Waals surface area contributed by atoms with Crippen molar-refractivity contribution in [2.75, 3.05) is 26.7 Å². The number of nitrogens with zero attached hydrogens (tertiary/aromatic N) is 3. The average Bonchev–Trinajstić information content (AvgIpc) is 3.63. The molecule has 282 valence electrons. The molecule has 0 aliphatic rings. The monoisotopic (exact) mass is 742 g/mol. The van der Waals surface area contributed by atoms with Crippen molar-refractivity contribution in [2.24, 2.45) is 0 Å². The highest BCUT2D eigenvalue weighted by atomic mass is 19.1. The number of esters is 1. The molecule has 0 bridgehead atoms. The van der Waals surface area contributed by atoms with E-state index in [1.807, 2.05) is 13.0 Å². The molecule has 2 aromatic heterocycles. The first kappa shape index (κ1) is 41.9. The van der Waals surface area contributed by atoms with E-state index in [1.54, 1.807) is 57.2 Å². The van der Waals surface area contributed by atoms with Crippen LogP contribution < -0.4 is 5.32 Å². The minimum absolute atomic E-state index is 0.0170. The Bertz CT molecular complexity index is 2180. The molecule has 0 radical (unpaired) electrons. The predicted molar refractivity (Wildman–Crippen MR) is 194 cm³/mol. The normalized spacial score (nSPS) is 11.0. The summed E-state index contributed by atoms with van der Waals surface area (Å²) in [4.78, 5) is 35.3. The van der Waals surface area contributed by atoms with Gasteiger partial charge in [0.15, 0.2) is 11.6 Å². The summed E-state index contributed by atoms with van der Waals surface area (Å²) < 4.78 is 50.0. The number of unbranched alkanes of at least 4 members (excludes halogenated alkanes) is 1. The lowest BCUT2D eigenvalue weighted by atomic mass is 9.92. The van der Waals surface area contributed by atoms with Crippen LogP contribution in [0.3, 0.4) is 0 Å². The van der Waals surface area contributed by atoms with Crippen LogP contribution in [0.1, 0.15) is 81.9 Å². The molecule has 4 rings (SSSR count). The van der Waals surface area contributed by atoms with Gasteiger partial charge in [0.1, 0.15) is 16.8 Å². The van der Waals surface area contributed by atoms with Crippen LogP contribution >= 0.6 is 0 Å². The van der Waals surface area contributed by atoms with Gasteiger partial charge in [-0.05, 0) is 68.7 Å². The quantitative estimate of drug-likeness (QED) is 0.120. The van der Waals surface area contributed by atoms with E-state index in [-0.39, 0.29) is 60.2 Å². The molecule has 0 saturated heterocycles. The molecule has 2 aromatic carbocycles. The summed E-state index contributed by atoms with van der Waals surface area (Å²) in [6, 6.07) is 13.9. The average molecular weight is 743 g/mol. The van der Waals surface area contributed by atoms with Crippen molar-refractivity contribution in [3.8, 4) is 35.8 Å². The molecule has 2 amide bonds. The van der Waals surface area contributed by atoms with Crippen LogP contribution in [0.15, 0.2) is 45.2 Å². The van der Waals surface area contributed by atoms with Gasteiger partial charge < -0.3 is 28.7 Å². The van der Waals surface area contributed by atoms with E-state index in [0.29, 0.717) is 23.3 Å². The number of furan rings is 2. The van der Waals surface area contributed by atoms with Crippen molar-refractivity contribution in [3.63, 3.8) is 0 Å². The lowest BCUT2D eigenvalue weighted by Gasteiger charge is -2.18. The molecule has 0 saturated carbocycles. The first-order valence-corrected chi connectivity index (χ1v) is 16.9. The van der Waals surface area contributed by atoms with Crippen molar-refractivity contribution in [1.29, 1.82) is 10.5 Å². The number of hydrogen-bond acceptors (Lipinski definition) is 9. The van der Waals surface area contributed by atoms with Gasteiger partial charge >= 0.3 is 18.2 Å². The van der Waals surface area contributed by atoms with Crippen molar-refractivity contribution in [3.05, 3.63) is 70.7 Å². The zero-order valence-corrected chi connectivity index (χ0v) is 30.6. The predicted octanol–water partition coefficient (Wildman–Crippen LogP) is 7.78. The maximum atomic E-state index is 15.0. The number of nitrogens with one attached hydrogen (secondary N) is 1. The number of halogens is 2. The van der Waals surface area contributed by atoms with Crippen LogP contribution in [-0.2, 0) is 20.7 Å². The van der Waals surface area contributed by atoms with E-state index in [9.17, 15) is 28.4 Å². The maximum absolute atomic E-state index is 15.0. The van der Waals surface area contributed by atoms with E-state index >= 15 is 0 Å². The topological polar surface area (TPSA) is 179 Å². The van der Waals surface area contributed by atoms with E-state index < -0.39 is 41.3 Å². The molecule has 0 aliphatic heterocycles. The van der Waals surface area contributed by atoms with Gasteiger partial charge in [-0.15, -0.1) is 0 Å².